The fraction of sp³-hybridized carbons (Fsp3) is 0. The van der Waals surface area contributed by atoms with Gasteiger partial charge in [-0.25, -0.2) is 0 Å². The number of hydrogen-bond acceptors (Lipinski definition) is 2. The quantitative estimate of drug-likeness (QED) is 0.213. The molecule has 0 bridgehead atoms. The van der Waals surface area contributed by atoms with E-state index in [0.717, 1.165) is 66.1 Å². The van der Waals surface area contributed by atoms with Gasteiger partial charge in [0.05, 0.1) is 0 Å². The minimum absolute atomic E-state index is 0.895. The molecule has 206 valence electrons. The Morgan fingerprint density at radius 3 is 1.57 bits per heavy atom. The number of rotatable bonds is 4. The Kier molecular flexibility index (Phi) is 5.54. The van der Waals surface area contributed by atoms with Crippen LogP contribution in [0, 0.1) is 0 Å². The molecule has 0 unspecified atom stereocenters. The first-order valence-electron chi connectivity index (χ1n) is 14.9. The Balaban J connectivity index is 1.19. The van der Waals surface area contributed by atoms with Gasteiger partial charge in [-0.3, -0.25) is 0 Å². The van der Waals surface area contributed by atoms with Crippen LogP contribution in [0.5, 0.6) is 0 Å². The molecule has 44 heavy (non-hydrogen) atoms. The van der Waals surface area contributed by atoms with E-state index in [4.69, 9.17) is 8.83 Å². The van der Waals surface area contributed by atoms with Crippen molar-refractivity contribution in [3.05, 3.63) is 158 Å². The molecule has 2 nitrogen and oxygen atoms in total. The molecule has 0 radical (unpaired) electrons. The fourth-order valence-corrected chi connectivity index (χ4v) is 6.46. The zero-order valence-corrected chi connectivity index (χ0v) is 23.8. The molecular formula is C42H26O2. The van der Waals surface area contributed by atoms with Crippen molar-refractivity contribution in [2.75, 3.05) is 0 Å². The monoisotopic (exact) mass is 562 g/mol. The molecule has 2 heterocycles. The second-order valence-electron chi connectivity index (χ2n) is 11.3. The molecule has 2 heteroatoms. The summed E-state index contributed by atoms with van der Waals surface area (Å²) in [5.74, 6) is 0. The Labute approximate surface area is 254 Å². The lowest BCUT2D eigenvalue weighted by molar-refractivity contribution is 0.669. The minimum Gasteiger partial charge on any atom is -0.456 e. The summed E-state index contributed by atoms with van der Waals surface area (Å²) in [5, 5.41) is 4.49. The van der Waals surface area contributed by atoms with Gasteiger partial charge in [-0.2, -0.15) is 0 Å². The summed E-state index contributed by atoms with van der Waals surface area (Å²) < 4.78 is 12.6. The summed E-state index contributed by atoms with van der Waals surface area (Å²) in [6, 6.07) is 55.6. The van der Waals surface area contributed by atoms with E-state index >= 15 is 0 Å². The standard InChI is InChI=1S/C42H26O2/c1-2-9-27(10-3-1)30-11-8-12-31(23-30)28-17-19-29(20-18-28)36-25-33(26-38-35-14-5-7-16-40(35)44-42(36)38)32-21-22-41-37(24-32)34-13-4-6-15-39(34)43-41/h1-26H. The number of furan rings is 2. The average molecular weight is 563 g/mol. The highest BCUT2D eigenvalue weighted by atomic mass is 16.3. The highest BCUT2D eigenvalue weighted by Gasteiger charge is 2.16. The van der Waals surface area contributed by atoms with Gasteiger partial charge in [-0.15, -0.1) is 0 Å². The van der Waals surface area contributed by atoms with Gasteiger partial charge in [0.2, 0.25) is 0 Å². The topological polar surface area (TPSA) is 26.3 Å². The van der Waals surface area contributed by atoms with Crippen molar-refractivity contribution in [1.82, 2.24) is 0 Å². The molecule has 0 aliphatic heterocycles. The van der Waals surface area contributed by atoms with E-state index in [0.29, 0.717) is 0 Å². The van der Waals surface area contributed by atoms with E-state index in [-0.39, 0.29) is 0 Å². The van der Waals surface area contributed by atoms with Crippen molar-refractivity contribution in [2.24, 2.45) is 0 Å². The van der Waals surface area contributed by atoms with Crippen LogP contribution >= 0.6 is 0 Å². The van der Waals surface area contributed by atoms with Crippen molar-refractivity contribution >= 4 is 43.9 Å². The van der Waals surface area contributed by atoms with Crippen LogP contribution in [-0.2, 0) is 0 Å². The first-order valence-corrected chi connectivity index (χ1v) is 14.9. The third kappa shape index (κ3) is 4.04. The van der Waals surface area contributed by atoms with Gasteiger partial charge < -0.3 is 8.83 Å². The van der Waals surface area contributed by atoms with Crippen LogP contribution in [0.15, 0.2) is 167 Å². The van der Waals surface area contributed by atoms with Crippen molar-refractivity contribution in [1.29, 1.82) is 0 Å². The predicted octanol–water partition coefficient (Wildman–Crippen LogP) is 12.2. The molecule has 0 fully saturated rings. The van der Waals surface area contributed by atoms with Crippen molar-refractivity contribution in [2.45, 2.75) is 0 Å². The van der Waals surface area contributed by atoms with Crippen LogP contribution in [0.25, 0.3) is 88.4 Å². The maximum absolute atomic E-state index is 6.51. The minimum atomic E-state index is 0.895. The van der Waals surface area contributed by atoms with Crippen molar-refractivity contribution in [3.8, 4) is 44.5 Å². The maximum Gasteiger partial charge on any atom is 0.143 e. The van der Waals surface area contributed by atoms with Crippen LogP contribution in [-0.4, -0.2) is 0 Å². The summed E-state index contributed by atoms with van der Waals surface area (Å²) in [7, 11) is 0. The van der Waals surface area contributed by atoms with Crippen molar-refractivity contribution < 1.29 is 8.83 Å². The Morgan fingerprint density at radius 2 is 0.795 bits per heavy atom. The van der Waals surface area contributed by atoms with E-state index in [1.165, 1.54) is 22.3 Å². The molecule has 0 spiro atoms. The Bertz CT molecular complexity index is 2480. The van der Waals surface area contributed by atoms with Gasteiger partial charge in [-0.05, 0) is 81.4 Å². The van der Waals surface area contributed by atoms with E-state index < -0.39 is 0 Å². The fourth-order valence-electron chi connectivity index (χ4n) is 6.46. The Hall–Kier alpha value is -5.86. The van der Waals surface area contributed by atoms with Gasteiger partial charge >= 0.3 is 0 Å². The third-order valence-electron chi connectivity index (χ3n) is 8.69. The lowest BCUT2D eigenvalue weighted by Crippen LogP contribution is -1.85. The molecule has 0 N–H and O–H groups in total. The summed E-state index contributed by atoms with van der Waals surface area (Å²) in [6.45, 7) is 0. The third-order valence-corrected chi connectivity index (χ3v) is 8.69. The zero-order valence-electron chi connectivity index (χ0n) is 23.8. The van der Waals surface area contributed by atoms with Crippen LogP contribution < -0.4 is 0 Å². The summed E-state index contributed by atoms with van der Waals surface area (Å²) in [4.78, 5) is 0. The molecule has 7 aromatic carbocycles. The van der Waals surface area contributed by atoms with E-state index in [1.807, 2.05) is 24.3 Å². The van der Waals surface area contributed by atoms with Gasteiger partial charge in [0.25, 0.3) is 0 Å². The molecule has 0 aliphatic rings. The molecule has 9 rings (SSSR count). The SMILES string of the molecule is c1ccc(-c2cccc(-c3ccc(-c4cc(-c5ccc6oc7ccccc7c6c5)cc5c4oc4ccccc45)cc3)c2)cc1. The maximum atomic E-state index is 6.51. The van der Waals surface area contributed by atoms with Gasteiger partial charge in [0.1, 0.15) is 22.3 Å². The first-order chi connectivity index (χ1) is 21.8. The summed E-state index contributed by atoms with van der Waals surface area (Å²) in [6.07, 6.45) is 0. The highest BCUT2D eigenvalue weighted by molar-refractivity contribution is 6.12. The molecule has 2 aromatic heterocycles. The van der Waals surface area contributed by atoms with Crippen molar-refractivity contribution in [3.63, 3.8) is 0 Å². The zero-order chi connectivity index (χ0) is 29.0. The Morgan fingerprint density at radius 1 is 0.273 bits per heavy atom. The van der Waals surface area contributed by atoms with Gasteiger partial charge in [0, 0.05) is 27.1 Å². The van der Waals surface area contributed by atoms with Crippen LogP contribution in [0.4, 0.5) is 0 Å². The number of fused-ring (bicyclic) bond motifs is 6. The van der Waals surface area contributed by atoms with Crippen LogP contribution in [0.2, 0.25) is 0 Å². The smallest absolute Gasteiger partial charge is 0.143 e. The van der Waals surface area contributed by atoms with Gasteiger partial charge in [0.15, 0.2) is 0 Å². The van der Waals surface area contributed by atoms with E-state index in [1.54, 1.807) is 0 Å². The molecule has 0 atom stereocenters. The normalized spacial score (nSPS) is 11.6. The molecule has 9 aromatic rings. The van der Waals surface area contributed by atoms with E-state index in [9.17, 15) is 0 Å². The molecular weight excluding hydrogens is 536 g/mol. The first kappa shape index (κ1) is 24.7. The second-order valence-corrected chi connectivity index (χ2v) is 11.3. The second kappa shape index (κ2) is 9.86. The lowest BCUT2D eigenvalue weighted by Gasteiger charge is -2.10. The number of para-hydroxylation sites is 2. The van der Waals surface area contributed by atoms with Crippen LogP contribution in [0.1, 0.15) is 0 Å². The van der Waals surface area contributed by atoms with Gasteiger partial charge in [-0.1, -0.05) is 115 Å². The molecule has 0 saturated carbocycles. The predicted molar refractivity (Wildman–Crippen MR) is 183 cm³/mol. The number of benzene rings is 7. The molecule has 0 amide bonds. The van der Waals surface area contributed by atoms with E-state index in [2.05, 4.69) is 133 Å². The number of hydrogen-bond donors (Lipinski definition) is 0. The highest BCUT2D eigenvalue weighted by Crippen LogP contribution is 2.41. The largest absolute Gasteiger partial charge is 0.456 e. The summed E-state index contributed by atoms with van der Waals surface area (Å²) in [5.41, 5.74) is 12.9. The molecule has 0 saturated heterocycles. The summed E-state index contributed by atoms with van der Waals surface area (Å²) >= 11 is 0. The van der Waals surface area contributed by atoms with Crippen LogP contribution in [0.3, 0.4) is 0 Å². The lowest BCUT2D eigenvalue weighted by atomic mass is 9.93. The molecule has 0 aliphatic carbocycles. The average Bonchev–Trinajstić information content (AvgIpc) is 3.66.